The molecular formula is C16H15N3O. The summed E-state index contributed by atoms with van der Waals surface area (Å²) in [7, 11) is 0. The summed E-state index contributed by atoms with van der Waals surface area (Å²) in [5.41, 5.74) is 3.45. The quantitative estimate of drug-likeness (QED) is 0.765. The number of fused-ring (bicyclic) bond motifs is 1. The number of H-pyrrole nitrogens is 1. The van der Waals surface area contributed by atoms with Gasteiger partial charge in [-0.3, -0.25) is 9.78 Å². The van der Waals surface area contributed by atoms with E-state index in [0.29, 0.717) is 12.1 Å². The molecular weight excluding hydrogens is 250 g/mol. The van der Waals surface area contributed by atoms with Crippen LogP contribution in [0.25, 0.3) is 10.9 Å². The van der Waals surface area contributed by atoms with Crippen molar-refractivity contribution in [1.29, 1.82) is 0 Å². The van der Waals surface area contributed by atoms with Crippen molar-refractivity contribution in [2.75, 3.05) is 0 Å². The zero-order chi connectivity index (χ0) is 13.9. The number of pyridine rings is 1. The van der Waals surface area contributed by atoms with E-state index in [1.807, 2.05) is 55.6 Å². The molecule has 1 amide bonds. The Morgan fingerprint density at radius 3 is 2.90 bits per heavy atom. The number of aromatic amines is 1. The fraction of sp³-hybridized carbons (Fsp3) is 0.125. The highest BCUT2D eigenvalue weighted by Gasteiger charge is 2.10. The molecule has 0 saturated carbocycles. The molecule has 20 heavy (non-hydrogen) atoms. The Kier molecular flexibility index (Phi) is 3.21. The van der Waals surface area contributed by atoms with Gasteiger partial charge in [-0.2, -0.15) is 0 Å². The molecule has 0 aliphatic rings. The van der Waals surface area contributed by atoms with Gasteiger partial charge in [-0.25, -0.2) is 0 Å². The van der Waals surface area contributed by atoms with Gasteiger partial charge in [-0.1, -0.05) is 12.1 Å². The Morgan fingerprint density at radius 1 is 1.20 bits per heavy atom. The molecule has 2 heterocycles. The number of carbonyl (C=O) groups excluding carboxylic acids is 1. The first-order valence-corrected chi connectivity index (χ1v) is 6.51. The second-order valence-electron chi connectivity index (χ2n) is 4.70. The monoisotopic (exact) mass is 265 g/mol. The van der Waals surface area contributed by atoms with Crippen LogP contribution in [-0.2, 0) is 6.54 Å². The van der Waals surface area contributed by atoms with Crippen LogP contribution in [0.1, 0.15) is 21.7 Å². The smallest absolute Gasteiger partial charge is 0.252 e. The molecule has 2 N–H and O–H groups in total. The molecule has 0 unspecified atom stereocenters. The Morgan fingerprint density at radius 2 is 2.05 bits per heavy atom. The second-order valence-corrected chi connectivity index (χ2v) is 4.70. The first kappa shape index (κ1) is 12.4. The van der Waals surface area contributed by atoms with E-state index in [1.165, 1.54) is 0 Å². The number of benzene rings is 1. The standard InChI is InChI=1S/C16H15N3O/c1-11-4-2-5-12(19-11)10-18-16(20)14-6-3-7-15-13(14)8-9-17-15/h2-9,17H,10H2,1H3,(H,18,20). The number of carbonyl (C=O) groups is 1. The van der Waals surface area contributed by atoms with Crippen LogP contribution in [0.4, 0.5) is 0 Å². The van der Waals surface area contributed by atoms with Crippen LogP contribution in [0.5, 0.6) is 0 Å². The van der Waals surface area contributed by atoms with Crippen molar-refractivity contribution in [3.8, 4) is 0 Å². The minimum Gasteiger partial charge on any atom is -0.361 e. The summed E-state index contributed by atoms with van der Waals surface area (Å²) in [6.07, 6.45) is 1.84. The van der Waals surface area contributed by atoms with Gasteiger partial charge in [-0.05, 0) is 37.3 Å². The average molecular weight is 265 g/mol. The summed E-state index contributed by atoms with van der Waals surface area (Å²) in [6.45, 7) is 2.37. The molecule has 2 aromatic heterocycles. The van der Waals surface area contributed by atoms with Crippen LogP contribution in [0.3, 0.4) is 0 Å². The van der Waals surface area contributed by atoms with Gasteiger partial charge in [0.1, 0.15) is 0 Å². The number of amides is 1. The van der Waals surface area contributed by atoms with Gasteiger partial charge in [0, 0.05) is 28.4 Å². The van der Waals surface area contributed by atoms with Crippen molar-refractivity contribution in [3.05, 3.63) is 65.6 Å². The van der Waals surface area contributed by atoms with Gasteiger partial charge in [0.25, 0.3) is 5.91 Å². The van der Waals surface area contributed by atoms with Gasteiger partial charge in [0.05, 0.1) is 12.2 Å². The van der Waals surface area contributed by atoms with E-state index >= 15 is 0 Å². The van der Waals surface area contributed by atoms with Crippen LogP contribution in [0.15, 0.2) is 48.7 Å². The maximum Gasteiger partial charge on any atom is 0.252 e. The van der Waals surface area contributed by atoms with E-state index in [2.05, 4.69) is 15.3 Å². The topological polar surface area (TPSA) is 57.8 Å². The number of aryl methyl sites for hydroxylation is 1. The summed E-state index contributed by atoms with van der Waals surface area (Å²) >= 11 is 0. The number of hydrogen-bond donors (Lipinski definition) is 2. The van der Waals surface area contributed by atoms with Gasteiger partial charge in [-0.15, -0.1) is 0 Å². The van der Waals surface area contributed by atoms with E-state index in [1.54, 1.807) is 0 Å². The Balaban J connectivity index is 1.78. The molecule has 4 nitrogen and oxygen atoms in total. The number of aromatic nitrogens is 2. The van der Waals surface area contributed by atoms with E-state index in [4.69, 9.17) is 0 Å². The lowest BCUT2D eigenvalue weighted by Crippen LogP contribution is -2.23. The van der Waals surface area contributed by atoms with Gasteiger partial charge < -0.3 is 10.3 Å². The van der Waals surface area contributed by atoms with E-state index in [0.717, 1.165) is 22.3 Å². The SMILES string of the molecule is Cc1cccc(CNC(=O)c2cccc3[nH]ccc23)n1. The van der Waals surface area contributed by atoms with Crippen LogP contribution < -0.4 is 5.32 Å². The highest BCUT2D eigenvalue weighted by atomic mass is 16.1. The molecule has 0 atom stereocenters. The van der Waals surface area contributed by atoms with E-state index in [9.17, 15) is 4.79 Å². The highest BCUT2D eigenvalue weighted by Crippen LogP contribution is 2.17. The maximum atomic E-state index is 12.3. The van der Waals surface area contributed by atoms with Crippen LogP contribution in [-0.4, -0.2) is 15.9 Å². The lowest BCUT2D eigenvalue weighted by molar-refractivity contribution is 0.0952. The van der Waals surface area contributed by atoms with E-state index < -0.39 is 0 Å². The van der Waals surface area contributed by atoms with Crippen LogP contribution in [0, 0.1) is 6.92 Å². The van der Waals surface area contributed by atoms with Gasteiger partial charge in [0.2, 0.25) is 0 Å². The molecule has 0 fully saturated rings. The fourth-order valence-corrected chi connectivity index (χ4v) is 2.25. The zero-order valence-corrected chi connectivity index (χ0v) is 11.2. The second kappa shape index (κ2) is 5.17. The minimum absolute atomic E-state index is 0.0847. The van der Waals surface area contributed by atoms with Crippen LogP contribution >= 0.6 is 0 Å². The molecule has 0 aliphatic carbocycles. The molecule has 0 radical (unpaired) electrons. The van der Waals surface area contributed by atoms with Gasteiger partial charge in [0.15, 0.2) is 0 Å². The summed E-state index contributed by atoms with van der Waals surface area (Å²) in [5.74, 6) is -0.0847. The largest absolute Gasteiger partial charge is 0.361 e. The Hall–Kier alpha value is -2.62. The molecule has 100 valence electrons. The van der Waals surface area contributed by atoms with Crippen molar-refractivity contribution in [2.24, 2.45) is 0 Å². The third kappa shape index (κ3) is 2.40. The number of hydrogen-bond acceptors (Lipinski definition) is 2. The minimum atomic E-state index is -0.0847. The normalized spacial score (nSPS) is 10.7. The number of nitrogens with one attached hydrogen (secondary N) is 2. The van der Waals surface area contributed by atoms with Crippen LogP contribution in [0.2, 0.25) is 0 Å². The predicted octanol–water partition coefficient (Wildman–Crippen LogP) is 2.80. The fourth-order valence-electron chi connectivity index (χ4n) is 2.25. The lowest BCUT2D eigenvalue weighted by atomic mass is 10.1. The zero-order valence-electron chi connectivity index (χ0n) is 11.2. The Bertz CT molecular complexity index is 761. The van der Waals surface area contributed by atoms with Crippen molar-refractivity contribution < 1.29 is 4.79 Å². The van der Waals surface area contributed by atoms with Crippen molar-refractivity contribution in [2.45, 2.75) is 13.5 Å². The Labute approximate surface area is 116 Å². The lowest BCUT2D eigenvalue weighted by Gasteiger charge is -2.06. The summed E-state index contributed by atoms with van der Waals surface area (Å²) in [5, 5.41) is 3.84. The van der Waals surface area contributed by atoms with Crippen molar-refractivity contribution in [3.63, 3.8) is 0 Å². The number of rotatable bonds is 3. The molecule has 0 saturated heterocycles. The molecule has 0 spiro atoms. The van der Waals surface area contributed by atoms with Gasteiger partial charge >= 0.3 is 0 Å². The maximum absolute atomic E-state index is 12.3. The molecule has 0 aliphatic heterocycles. The van der Waals surface area contributed by atoms with Crippen molar-refractivity contribution in [1.82, 2.24) is 15.3 Å². The summed E-state index contributed by atoms with van der Waals surface area (Å²) in [4.78, 5) is 19.7. The predicted molar refractivity (Wildman–Crippen MR) is 78.4 cm³/mol. The summed E-state index contributed by atoms with van der Waals surface area (Å²) in [6, 6.07) is 13.4. The average Bonchev–Trinajstić information content (AvgIpc) is 2.93. The first-order chi connectivity index (χ1) is 9.74. The third-order valence-electron chi connectivity index (χ3n) is 3.22. The molecule has 3 aromatic rings. The first-order valence-electron chi connectivity index (χ1n) is 6.51. The summed E-state index contributed by atoms with van der Waals surface area (Å²) < 4.78 is 0. The number of nitrogens with zero attached hydrogens (tertiary/aromatic N) is 1. The van der Waals surface area contributed by atoms with E-state index in [-0.39, 0.29) is 5.91 Å². The molecule has 3 rings (SSSR count). The third-order valence-corrected chi connectivity index (χ3v) is 3.22. The molecule has 4 heteroatoms. The highest BCUT2D eigenvalue weighted by molar-refractivity contribution is 6.06. The molecule has 0 bridgehead atoms. The molecule has 1 aromatic carbocycles. The van der Waals surface area contributed by atoms with Crippen molar-refractivity contribution >= 4 is 16.8 Å².